The summed E-state index contributed by atoms with van der Waals surface area (Å²) in [4.78, 5) is 12.2. The van der Waals surface area contributed by atoms with E-state index in [1.54, 1.807) is 0 Å². The van der Waals surface area contributed by atoms with Crippen LogP contribution in [0.4, 0.5) is 0 Å². The molecule has 0 N–H and O–H groups in total. The smallest absolute Gasteiger partial charge is 0.309 e. The molecule has 1 spiro atoms. The van der Waals surface area contributed by atoms with Crippen LogP contribution in [0.5, 0.6) is 0 Å². The SMILES string of the molecule is O=C1C[C@]2(CO1)O[C@H](COCc1ccccc1)[C@H](OCc1ccccc1)[C@@H]2OCc1ccccc1. The Morgan fingerprint density at radius 1 is 0.743 bits per heavy atom. The molecule has 2 heterocycles. The summed E-state index contributed by atoms with van der Waals surface area (Å²) in [7, 11) is 0. The first-order chi connectivity index (χ1) is 17.2. The van der Waals surface area contributed by atoms with E-state index in [1.165, 1.54) is 0 Å². The number of cyclic esters (lactones) is 1. The quantitative estimate of drug-likeness (QED) is 0.405. The molecule has 6 heteroatoms. The molecule has 0 amide bonds. The van der Waals surface area contributed by atoms with Crippen LogP contribution in [0.15, 0.2) is 91.0 Å². The van der Waals surface area contributed by atoms with Gasteiger partial charge in [-0.3, -0.25) is 4.79 Å². The van der Waals surface area contributed by atoms with Crippen molar-refractivity contribution in [1.82, 2.24) is 0 Å². The molecule has 3 aromatic rings. The van der Waals surface area contributed by atoms with Gasteiger partial charge in [-0.05, 0) is 16.7 Å². The van der Waals surface area contributed by atoms with E-state index in [2.05, 4.69) is 0 Å². The van der Waals surface area contributed by atoms with Gasteiger partial charge in [-0.2, -0.15) is 0 Å². The van der Waals surface area contributed by atoms with E-state index in [4.69, 9.17) is 23.7 Å². The zero-order chi connectivity index (χ0) is 23.9. The number of hydrogen-bond acceptors (Lipinski definition) is 6. The third-order valence-electron chi connectivity index (χ3n) is 6.44. The van der Waals surface area contributed by atoms with Gasteiger partial charge in [0.2, 0.25) is 0 Å². The van der Waals surface area contributed by atoms with Crippen LogP contribution in [-0.4, -0.2) is 43.1 Å². The molecular weight excluding hydrogens is 444 g/mol. The predicted molar refractivity (Wildman–Crippen MR) is 129 cm³/mol. The third kappa shape index (κ3) is 5.80. The lowest BCUT2D eigenvalue weighted by Crippen LogP contribution is -2.46. The zero-order valence-electron chi connectivity index (χ0n) is 19.6. The van der Waals surface area contributed by atoms with Crippen LogP contribution < -0.4 is 0 Å². The van der Waals surface area contributed by atoms with Crippen LogP contribution >= 0.6 is 0 Å². The van der Waals surface area contributed by atoms with E-state index < -0.39 is 23.9 Å². The van der Waals surface area contributed by atoms with Gasteiger partial charge in [-0.15, -0.1) is 0 Å². The van der Waals surface area contributed by atoms with E-state index in [0.717, 1.165) is 16.7 Å². The molecule has 2 saturated heterocycles. The van der Waals surface area contributed by atoms with Gasteiger partial charge >= 0.3 is 5.97 Å². The Hall–Kier alpha value is -3.03. The normalized spacial score (nSPS) is 25.7. The molecular formula is C29H30O6. The summed E-state index contributed by atoms with van der Waals surface area (Å²) in [6, 6.07) is 29.9. The van der Waals surface area contributed by atoms with Crippen molar-refractivity contribution in [3.05, 3.63) is 108 Å². The predicted octanol–water partition coefficient (Wildman–Crippen LogP) is 4.46. The number of carbonyl (C=O) groups is 1. The molecule has 5 rings (SSSR count). The van der Waals surface area contributed by atoms with Crippen molar-refractivity contribution in [1.29, 1.82) is 0 Å². The van der Waals surface area contributed by atoms with Gasteiger partial charge in [-0.25, -0.2) is 0 Å². The van der Waals surface area contributed by atoms with Gasteiger partial charge in [0.25, 0.3) is 0 Å². The van der Waals surface area contributed by atoms with Crippen molar-refractivity contribution < 1.29 is 28.5 Å². The van der Waals surface area contributed by atoms with Crippen LogP contribution in [-0.2, 0) is 48.3 Å². The first-order valence-electron chi connectivity index (χ1n) is 12.0. The minimum atomic E-state index is -0.895. The number of esters is 1. The molecule has 182 valence electrons. The highest BCUT2D eigenvalue weighted by molar-refractivity contribution is 5.73. The topological polar surface area (TPSA) is 63.2 Å². The molecule has 4 atom stereocenters. The number of benzene rings is 3. The Morgan fingerprint density at radius 2 is 1.29 bits per heavy atom. The Balaban J connectivity index is 1.34. The van der Waals surface area contributed by atoms with Crippen molar-refractivity contribution in [3.63, 3.8) is 0 Å². The van der Waals surface area contributed by atoms with Crippen LogP contribution in [0.2, 0.25) is 0 Å². The van der Waals surface area contributed by atoms with Crippen molar-refractivity contribution in [2.75, 3.05) is 13.2 Å². The largest absolute Gasteiger partial charge is 0.462 e. The number of rotatable bonds is 10. The van der Waals surface area contributed by atoms with Gasteiger partial charge in [0.05, 0.1) is 32.8 Å². The second-order valence-electron chi connectivity index (χ2n) is 9.04. The fourth-order valence-electron chi connectivity index (χ4n) is 4.70. The number of hydrogen-bond donors (Lipinski definition) is 0. The van der Waals surface area contributed by atoms with Crippen LogP contribution in [0.1, 0.15) is 23.1 Å². The highest BCUT2D eigenvalue weighted by atomic mass is 16.7. The standard InChI is InChI=1S/C29H30O6/c30-26-16-29(21-34-26)28(33-19-24-14-8-3-9-15-24)27(32-18-23-12-6-2-7-13-23)25(35-29)20-31-17-22-10-4-1-5-11-22/h1-15,25,27-28H,16-21H2/t25-,27+,28+,29-/m1/s1. The second-order valence-corrected chi connectivity index (χ2v) is 9.04. The lowest BCUT2D eigenvalue weighted by Gasteiger charge is -2.29. The van der Waals surface area contributed by atoms with Crippen LogP contribution in [0.3, 0.4) is 0 Å². The van der Waals surface area contributed by atoms with Gasteiger partial charge in [-0.1, -0.05) is 91.0 Å². The van der Waals surface area contributed by atoms with Crippen LogP contribution in [0.25, 0.3) is 0 Å². The summed E-state index contributed by atoms with van der Waals surface area (Å²) in [5.41, 5.74) is 2.28. The molecule has 0 radical (unpaired) electrons. The first kappa shape index (κ1) is 23.7. The molecule has 0 aliphatic carbocycles. The van der Waals surface area contributed by atoms with Gasteiger partial charge < -0.3 is 23.7 Å². The van der Waals surface area contributed by atoms with Crippen molar-refractivity contribution in [2.24, 2.45) is 0 Å². The average Bonchev–Trinajstić information content (AvgIpc) is 3.41. The molecule has 2 aliphatic rings. The van der Waals surface area contributed by atoms with E-state index >= 15 is 0 Å². The minimum Gasteiger partial charge on any atom is -0.462 e. The molecule has 3 aromatic carbocycles. The van der Waals surface area contributed by atoms with E-state index in [9.17, 15) is 4.79 Å². The van der Waals surface area contributed by atoms with Crippen molar-refractivity contribution in [3.8, 4) is 0 Å². The fourth-order valence-corrected chi connectivity index (χ4v) is 4.70. The fraction of sp³-hybridized carbons (Fsp3) is 0.345. The van der Waals surface area contributed by atoms with Crippen molar-refractivity contribution >= 4 is 5.97 Å². The summed E-state index contributed by atoms with van der Waals surface area (Å²) in [6.45, 7) is 1.71. The Kier molecular flexibility index (Phi) is 7.54. The van der Waals surface area contributed by atoms with Gasteiger partial charge in [0.15, 0.2) is 0 Å². The molecule has 0 aromatic heterocycles. The third-order valence-corrected chi connectivity index (χ3v) is 6.44. The highest BCUT2D eigenvalue weighted by Crippen LogP contribution is 2.42. The first-order valence-corrected chi connectivity index (χ1v) is 12.0. The molecule has 35 heavy (non-hydrogen) atoms. The average molecular weight is 475 g/mol. The Labute approximate surface area is 205 Å². The minimum absolute atomic E-state index is 0.132. The lowest BCUT2D eigenvalue weighted by molar-refractivity contribution is -0.138. The summed E-state index contributed by atoms with van der Waals surface area (Å²) in [6.07, 6.45) is -1.18. The van der Waals surface area contributed by atoms with Gasteiger partial charge in [0, 0.05) is 0 Å². The summed E-state index contributed by atoms with van der Waals surface area (Å²) < 4.78 is 30.8. The van der Waals surface area contributed by atoms with E-state index in [1.807, 2.05) is 91.0 Å². The number of ether oxygens (including phenoxy) is 5. The molecule has 2 aliphatic heterocycles. The maximum atomic E-state index is 12.2. The second kappa shape index (κ2) is 11.1. The highest BCUT2D eigenvalue weighted by Gasteiger charge is 2.60. The maximum Gasteiger partial charge on any atom is 0.309 e. The van der Waals surface area contributed by atoms with Gasteiger partial charge in [0.1, 0.15) is 30.5 Å². The Morgan fingerprint density at radius 3 is 1.83 bits per heavy atom. The lowest BCUT2D eigenvalue weighted by atomic mass is 9.93. The number of carbonyl (C=O) groups excluding carboxylic acids is 1. The maximum absolute atomic E-state index is 12.2. The zero-order valence-corrected chi connectivity index (χ0v) is 19.6. The van der Waals surface area contributed by atoms with Crippen LogP contribution in [0, 0.1) is 0 Å². The summed E-state index contributed by atoms with van der Waals surface area (Å²) >= 11 is 0. The Bertz CT molecular complexity index is 1070. The van der Waals surface area contributed by atoms with E-state index in [-0.39, 0.29) is 19.0 Å². The molecule has 0 unspecified atom stereocenters. The molecule has 6 nitrogen and oxygen atoms in total. The summed E-state index contributed by atoms with van der Waals surface area (Å²) in [5.74, 6) is -0.286. The van der Waals surface area contributed by atoms with E-state index in [0.29, 0.717) is 26.4 Å². The molecule has 2 fully saturated rings. The summed E-state index contributed by atoms with van der Waals surface area (Å²) in [5, 5.41) is 0. The monoisotopic (exact) mass is 474 g/mol. The van der Waals surface area contributed by atoms with Crippen molar-refractivity contribution in [2.45, 2.75) is 50.2 Å². The molecule has 0 saturated carbocycles. The molecule has 0 bridgehead atoms.